The molecule has 0 aliphatic rings. The Labute approximate surface area is 70.8 Å². The van der Waals surface area contributed by atoms with Crippen molar-refractivity contribution >= 4 is 0 Å². The van der Waals surface area contributed by atoms with E-state index >= 15 is 0 Å². The minimum atomic E-state index is 0.370. The number of hydrogen-bond acceptors (Lipinski definition) is 1. The number of rotatable bonds is 6. The molecule has 1 N–H and O–H groups in total. The fraction of sp³-hybridized carbons (Fsp3) is 1.00. The van der Waals surface area contributed by atoms with E-state index < -0.39 is 0 Å². The van der Waals surface area contributed by atoms with Crippen molar-refractivity contribution in [3.05, 3.63) is 0 Å². The highest BCUT2D eigenvalue weighted by atomic mass is 16.3. The fourth-order valence-corrected chi connectivity index (χ4v) is 1.36. The molecule has 68 valence electrons. The molecule has 0 amide bonds. The molecule has 2 unspecified atom stereocenters. The van der Waals surface area contributed by atoms with E-state index in [2.05, 4.69) is 20.8 Å². The van der Waals surface area contributed by atoms with Crippen LogP contribution >= 0.6 is 0 Å². The van der Waals surface area contributed by atoms with E-state index in [1.165, 1.54) is 25.7 Å². The Morgan fingerprint density at radius 2 is 1.91 bits per heavy atom. The first kappa shape index (κ1) is 11.0. The summed E-state index contributed by atoms with van der Waals surface area (Å²) in [5.41, 5.74) is 0. The molecule has 0 aromatic heterocycles. The van der Waals surface area contributed by atoms with Crippen LogP contribution < -0.4 is 0 Å². The smallest absolute Gasteiger partial charge is 0.0461 e. The molecule has 0 heterocycles. The van der Waals surface area contributed by atoms with Crippen LogP contribution in [0.4, 0.5) is 0 Å². The number of unbranched alkanes of at least 4 members (excludes halogenated alkanes) is 1. The van der Waals surface area contributed by atoms with Gasteiger partial charge in [-0.2, -0.15) is 0 Å². The number of aliphatic hydroxyl groups is 1. The van der Waals surface area contributed by atoms with Gasteiger partial charge in [0, 0.05) is 6.61 Å². The molecule has 1 heteroatoms. The van der Waals surface area contributed by atoms with E-state index in [1.54, 1.807) is 0 Å². The molecule has 0 radical (unpaired) electrons. The summed E-state index contributed by atoms with van der Waals surface area (Å²) in [6.45, 7) is 7.00. The molecule has 0 aliphatic heterocycles. The van der Waals surface area contributed by atoms with Crippen LogP contribution in [-0.2, 0) is 0 Å². The van der Waals surface area contributed by atoms with E-state index in [0.717, 1.165) is 0 Å². The zero-order chi connectivity index (χ0) is 8.69. The van der Waals surface area contributed by atoms with Gasteiger partial charge in [-0.15, -0.1) is 0 Å². The van der Waals surface area contributed by atoms with Gasteiger partial charge in [-0.25, -0.2) is 0 Å². The highest BCUT2D eigenvalue weighted by Gasteiger charge is 2.13. The topological polar surface area (TPSA) is 20.2 Å². The molecule has 11 heavy (non-hydrogen) atoms. The van der Waals surface area contributed by atoms with Gasteiger partial charge in [0.2, 0.25) is 0 Å². The van der Waals surface area contributed by atoms with E-state index in [4.69, 9.17) is 5.11 Å². The van der Waals surface area contributed by atoms with Crippen molar-refractivity contribution in [3.63, 3.8) is 0 Å². The molecule has 0 saturated carbocycles. The number of hydrogen-bond donors (Lipinski definition) is 1. The summed E-state index contributed by atoms with van der Waals surface area (Å²) in [4.78, 5) is 0. The maximum atomic E-state index is 9.05. The molecule has 2 atom stereocenters. The second-order valence-electron chi connectivity index (χ2n) is 3.47. The van der Waals surface area contributed by atoms with Crippen LogP contribution in [0.15, 0.2) is 0 Å². The third-order valence-corrected chi connectivity index (χ3v) is 2.61. The van der Waals surface area contributed by atoms with Crippen LogP contribution in [0.2, 0.25) is 0 Å². The first-order chi connectivity index (χ1) is 5.26. The average Bonchev–Trinajstić information content (AvgIpc) is 2.05. The second-order valence-corrected chi connectivity index (χ2v) is 3.47. The van der Waals surface area contributed by atoms with E-state index in [1.807, 2.05) is 0 Å². The Morgan fingerprint density at radius 1 is 1.27 bits per heavy atom. The van der Waals surface area contributed by atoms with E-state index in [0.29, 0.717) is 18.4 Å². The Bertz CT molecular complexity index is 80.9. The van der Waals surface area contributed by atoms with E-state index in [9.17, 15) is 0 Å². The SMILES string of the molecule is CCCCC(CO)C(C)CC. The largest absolute Gasteiger partial charge is 0.396 e. The zero-order valence-electron chi connectivity index (χ0n) is 8.14. The van der Waals surface area contributed by atoms with Crippen molar-refractivity contribution in [2.24, 2.45) is 11.8 Å². The summed E-state index contributed by atoms with van der Waals surface area (Å²) in [6.07, 6.45) is 4.89. The predicted octanol–water partition coefficient (Wildman–Crippen LogP) is 2.83. The fourth-order valence-electron chi connectivity index (χ4n) is 1.36. The monoisotopic (exact) mass is 158 g/mol. The Balaban J connectivity index is 3.56. The minimum absolute atomic E-state index is 0.370. The van der Waals surface area contributed by atoms with Crippen LogP contribution in [-0.4, -0.2) is 11.7 Å². The molecular formula is C10H22O. The summed E-state index contributed by atoms with van der Waals surface area (Å²) in [7, 11) is 0. The third-order valence-electron chi connectivity index (χ3n) is 2.61. The highest BCUT2D eigenvalue weighted by Crippen LogP contribution is 2.20. The molecule has 0 aromatic carbocycles. The lowest BCUT2D eigenvalue weighted by Crippen LogP contribution is -2.15. The second kappa shape index (κ2) is 6.66. The Morgan fingerprint density at radius 3 is 2.27 bits per heavy atom. The normalized spacial score (nSPS) is 16.4. The molecule has 0 aliphatic carbocycles. The van der Waals surface area contributed by atoms with Crippen LogP contribution in [0.25, 0.3) is 0 Å². The maximum Gasteiger partial charge on any atom is 0.0461 e. The zero-order valence-corrected chi connectivity index (χ0v) is 8.14. The van der Waals surface area contributed by atoms with Gasteiger partial charge in [0.05, 0.1) is 0 Å². The summed E-state index contributed by atoms with van der Waals surface area (Å²) < 4.78 is 0. The van der Waals surface area contributed by atoms with Crippen LogP contribution in [0.3, 0.4) is 0 Å². The lowest BCUT2D eigenvalue weighted by molar-refractivity contribution is 0.169. The Kier molecular flexibility index (Phi) is 6.63. The molecule has 0 fully saturated rings. The van der Waals surface area contributed by atoms with Gasteiger partial charge in [-0.1, -0.05) is 40.0 Å². The van der Waals surface area contributed by atoms with Gasteiger partial charge < -0.3 is 5.11 Å². The summed E-state index contributed by atoms with van der Waals surface area (Å²) in [5.74, 6) is 1.23. The van der Waals surface area contributed by atoms with Crippen molar-refractivity contribution in [3.8, 4) is 0 Å². The third kappa shape index (κ3) is 4.41. The standard InChI is InChI=1S/C10H22O/c1-4-6-7-10(8-11)9(3)5-2/h9-11H,4-8H2,1-3H3. The van der Waals surface area contributed by atoms with Crippen molar-refractivity contribution in [2.75, 3.05) is 6.61 Å². The molecule has 1 nitrogen and oxygen atoms in total. The molecule has 0 rings (SSSR count). The van der Waals surface area contributed by atoms with Crippen molar-refractivity contribution in [2.45, 2.75) is 46.5 Å². The lowest BCUT2D eigenvalue weighted by atomic mass is 9.88. The average molecular weight is 158 g/mol. The minimum Gasteiger partial charge on any atom is -0.396 e. The predicted molar refractivity (Wildman–Crippen MR) is 49.6 cm³/mol. The van der Waals surface area contributed by atoms with Crippen molar-refractivity contribution in [1.82, 2.24) is 0 Å². The maximum absolute atomic E-state index is 9.05. The van der Waals surface area contributed by atoms with Gasteiger partial charge >= 0.3 is 0 Å². The van der Waals surface area contributed by atoms with Gasteiger partial charge in [-0.05, 0) is 18.3 Å². The van der Waals surface area contributed by atoms with Gasteiger partial charge in [0.15, 0.2) is 0 Å². The first-order valence-corrected chi connectivity index (χ1v) is 4.87. The molecule has 0 saturated heterocycles. The van der Waals surface area contributed by atoms with Crippen LogP contribution in [0, 0.1) is 11.8 Å². The molecular weight excluding hydrogens is 136 g/mol. The highest BCUT2D eigenvalue weighted by molar-refractivity contribution is 4.63. The van der Waals surface area contributed by atoms with Crippen molar-refractivity contribution < 1.29 is 5.11 Å². The lowest BCUT2D eigenvalue weighted by Gasteiger charge is -2.19. The van der Waals surface area contributed by atoms with Gasteiger partial charge in [0.1, 0.15) is 0 Å². The summed E-state index contributed by atoms with van der Waals surface area (Å²) >= 11 is 0. The van der Waals surface area contributed by atoms with Gasteiger partial charge in [0.25, 0.3) is 0 Å². The van der Waals surface area contributed by atoms with Crippen molar-refractivity contribution in [1.29, 1.82) is 0 Å². The Hall–Kier alpha value is -0.0400. The quantitative estimate of drug-likeness (QED) is 0.630. The molecule has 0 bridgehead atoms. The summed E-state index contributed by atoms with van der Waals surface area (Å²) in [6, 6.07) is 0. The van der Waals surface area contributed by atoms with E-state index in [-0.39, 0.29) is 0 Å². The molecule has 0 aromatic rings. The molecule has 0 spiro atoms. The first-order valence-electron chi connectivity index (χ1n) is 4.87. The summed E-state index contributed by atoms with van der Waals surface area (Å²) in [5, 5.41) is 9.05. The van der Waals surface area contributed by atoms with Crippen LogP contribution in [0.1, 0.15) is 46.5 Å². The van der Waals surface area contributed by atoms with Crippen LogP contribution in [0.5, 0.6) is 0 Å². The number of aliphatic hydroxyl groups excluding tert-OH is 1. The van der Waals surface area contributed by atoms with Gasteiger partial charge in [-0.3, -0.25) is 0 Å².